The average molecular weight is 527 g/mol. The number of aryl methyl sites for hydroxylation is 2. The lowest BCUT2D eigenvalue weighted by atomic mass is 10.2. The van der Waals surface area contributed by atoms with Crippen LogP contribution < -0.4 is 15.0 Å². The van der Waals surface area contributed by atoms with Gasteiger partial charge >= 0.3 is 0 Å². The molecule has 11 nitrogen and oxygen atoms in total. The van der Waals surface area contributed by atoms with Gasteiger partial charge in [-0.15, -0.1) is 10.2 Å². The molecular formula is C25H26N4O7S. The largest absolute Gasteiger partial charge is 0.494 e. The lowest BCUT2D eigenvalue weighted by Crippen LogP contribution is -2.25. The molecule has 0 saturated heterocycles. The van der Waals surface area contributed by atoms with Gasteiger partial charge in [-0.3, -0.25) is 9.36 Å². The molecule has 12 heteroatoms. The van der Waals surface area contributed by atoms with Crippen molar-refractivity contribution in [2.45, 2.75) is 42.9 Å². The number of para-hydroxylation sites is 1. The molecule has 1 N–H and O–H groups in total. The fourth-order valence-corrected chi connectivity index (χ4v) is 5.21. The SMILES string of the molecule is CCCCc1nc(=O)c(S(=O)(=O)c2ccc(-c3nnc(C)o3)cc2)c(O)n1-c1c(OC)cccc1OC. The predicted octanol–water partition coefficient (Wildman–Crippen LogP) is 3.49. The molecule has 4 rings (SSSR count). The van der Waals surface area contributed by atoms with Gasteiger partial charge in [0.15, 0.2) is 4.90 Å². The smallest absolute Gasteiger partial charge is 0.296 e. The van der Waals surface area contributed by atoms with E-state index < -0.39 is 26.2 Å². The lowest BCUT2D eigenvalue weighted by Gasteiger charge is -2.21. The first-order chi connectivity index (χ1) is 17.7. The molecule has 0 amide bonds. The second-order valence-corrected chi connectivity index (χ2v) is 9.98. The standard InChI is InChI=1S/C25H26N4O7S/c1-5-6-10-20-26-23(30)22(25(31)29(20)21-18(34-3)8-7-9-19(21)35-4)37(32,33)17-13-11-16(12-14-17)24-28-27-15(2)36-24/h7-9,11-14,31H,5-6,10H2,1-4H3. The predicted molar refractivity (Wildman–Crippen MR) is 133 cm³/mol. The molecule has 2 aromatic heterocycles. The quantitative estimate of drug-likeness (QED) is 0.344. The van der Waals surface area contributed by atoms with Crippen LogP contribution in [0.1, 0.15) is 31.5 Å². The Balaban J connectivity index is 1.93. The Morgan fingerprint density at radius 1 is 1.03 bits per heavy atom. The van der Waals surface area contributed by atoms with Gasteiger partial charge in [0.05, 0.1) is 19.1 Å². The zero-order valence-corrected chi connectivity index (χ0v) is 21.6. The molecule has 4 aromatic rings. The number of aromatic nitrogens is 4. The van der Waals surface area contributed by atoms with Gasteiger partial charge in [0, 0.05) is 18.9 Å². The number of hydrogen-bond donors (Lipinski definition) is 1. The van der Waals surface area contributed by atoms with Crippen molar-refractivity contribution in [3.63, 3.8) is 0 Å². The highest BCUT2D eigenvalue weighted by atomic mass is 32.2. The van der Waals surface area contributed by atoms with Crippen molar-refractivity contribution >= 4 is 9.84 Å². The molecule has 0 saturated carbocycles. The molecule has 2 aromatic carbocycles. The highest BCUT2D eigenvalue weighted by Gasteiger charge is 2.31. The van der Waals surface area contributed by atoms with Crippen molar-refractivity contribution < 1.29 is 27.4 Å². The molecule has 0 aliphatic heterocycles. The second kappa shape index (κ2) is 10.4. The van der Waals surface area contributed by atoms with Gasteiger partial charge in [-0.1, -0.05) is 19.4 Å². The van der Waals surface area contributed by atoms with Crippen LogP contribution in [0.25, 0.3) is 17.1 Å². The van der Waals surface area contributed by atoms with E-state index in [9.17, 15) is 18.3 Å². The summed E-state index contributed by atoms with van der Waals surface area (Å²) in [5, 5.41) is 19.0. The van der Waals surface area contributed by atoms with E-state index >= 15 is 0 Å². The van der Waals surface area contributed by atoms with Crippen molar-refractivity contribution in [3.05, 3.63) is 64.5 Å². The zero-order chi connectivity index (χ0) is 26.7. The third-order valence-electron chi connectivity index (χ3n) is 5.68. The molecule has 194 valence electrons. The number of nitrogens with zero attached hydrogens (tertiary/aromatic N) is 4. The van der Waals surface area contributed by atoms with E-state index in [4.69, 9.17) is 13.9 Å². The Bertz CT molecular complexity index is 1570. The Morgan fingerprint density at radius 3 is 2.22 bits per heavy atom. The first-order valence-corrected chi connectivity index (χ1v) is 12.9. The van der Waals surface area contributed by atoms with Crippen LogP contribution in [0.2, 0.25) is 0 Å². The molecule has 0 aliphatic carbocycles. The van der Waals surface area contributed by atoms with Crippen molar-refractivity contribution in [1.82, 2.24) is 19.7 Å². The molecule has 0 radical (unpaired) electrons. The monoisotopic (exact) mass is 526 g/mol. The molecular weight excluding hydrogens is 500 g/mol. The van der Waals surface area contributed by atoms with Gasteiger partial charge in [0.25, 0.3) is 5.56 Å². The van der Waals surface area contributed by atoms with Gasteiger partial charge in [-0.25, -0.2) is 8.42 Å². The Morgan fingerprint density at radius 2 is 1.68 bits per heavy atom. The normalized spacial score (nSPS) is 11.5. The molecule has 0 unspecified atom stereocenters. The van der Waals surface area contributed by atoms with Gasteiger partial charge < -0.3 is 19.0 Å². The maximum atomic E-state index is 13.6. The maximum Gasteiger partial charge on any atom is 0.296 e. The second-order valence-electron chi connectivity index (χ2n) is 8.09. The van der Waals surface area contributed by atoms with Gasteiger partial charge in [0.1, 0.15) is 23.0 Å². The minimum absolute atomic E-state index is 0.174. The number of benzene rings is 2. The minimum atomic E-state index is -4.50. The van der Waals surface area contributed by atoms with E-state index in [1.54, 1.807) is 25.1 Å². The fourth-order valence-electron chi connectivity index (χ4n) is 3.87. The third-order valence-corrected chi connectivity index (χ3v) is 7.47. The number of sulfone groups is 1. The van der Waals surface area contributed by atoms with E-state index in [2.05, 4.69) is 15.2 Å². The number of methoxy groups -OCH3 is 2. The average Bonchev–Trinajstić information content (AvgIpc) is 3.33. The Kier molecular flexibility index (Phi) is 7.30. The van der Waals surface area contributed by atoms with Crippen LogP contribution >= 0.6 is 0 Å². The van der Waals surface area contributed by atoms with Crippen molar-refractivity contribution in [1.29, 1.82) is 0 Å². The minimum Gasteiger partial charge on any atom is -0.494 e. The summed E-state index contributed by atoms with van der Waals surface area (Å²) in [6, 6.07) is 10.5. The summed E-state index contributed by atoms with van der Waals surface area (Å²) in [7, 11) is -1.63. The number of ether oxygens (including phenoxy) is 2. The first-order valence-electron chi connectivity index (χ1n) is 11.4. The molecule has 0 atom stereocenters. The van der Waals surface area contributed by atoms with Crippen LogP contribution in [0.3, 0.4) is 0 Å². The van der Waals surface area contributed by atoms with Crippen LogP contribution in [0.4, 0.5) is 0 Å². The number of aromatic hydroxyl groups is 1. The molecule has 0 aliphatic rings. The van der Waals surface area contributed by atoms with Gasteiger partial charge in [-0.2, -0.15) is 4.98 Å². The summed E-state index contributed by atoms with van der Waals surface area (Å²) >= 11 is 0. The third kappa shape index (κ3) is 4.79. The summed E-state index contributed by atoms with van der Waals surface area (Å²) in [5.74, 6) is 0.551. The lowest BCUT2D eigenvalue weighted by molar-refractivity contribution is 0.374. The van der Waals surface area contributed by atoms with E-state index in [0.717, 1.165) is 6.42 Å². The summed E-state index contributed by atoms with van der Waals surface area (Å²) in [6.45, 7) is 3.60. The maximum absolute atomic E-state index is 13.6. The van der Waals surface area contributed by atoms with Crippen molar-refractivity contribution in [2.75, 3.05) is 14.2 Å². The molecule has 2 heterocycles. The number of hydrogen-bond acceptors (Lipinski definition) is 10. The van der Waals surface area contributed by atoms with Crippen molar-refractivity contribution in [2.24, 2.45) is 0 Å². The molecule has 0 spiro atoms. The van der Waals surface area contributed by atoms with Crippen LogP contribution in [-0.2, 0) is 16.3 Å². The molecule has 37 heavy (non-hydrogen) atoms. The topological polar surface area (TPSA) is 147 Å². The van der Waals surface area contributed by atoms with E-state index in [-0.39, 0.29) is 22.3 Å². The summed E-state index contributed by atoms with van der Waals surface area (Å²) in [4.78, 5) is 16.1. The highest BCUT2D eigenvalue weighted by Crippen LogP contribution is 2.38. The fraction of sp³-hybridized carbons (Fsp3) is 0.280. The van der Waals surface area contributed by atoms with Crippen LogP contribution in [0, 0.1) is 6.92 Å². The number of rotatable bonds is 9. The van der Waals surface area contributed by atoms with Crippen LogP contribution in [0.5, 0.6) is 17.4 Å². The Labute approximate surface area is 213 Å². The summed E-state index contributed by atoms with van der Waals surface area (Å²) < 4.78 is 44.7. The van der Waals surface area contributed by atoms with Crippen LogP contribution in [0.15, 0.2) is 61.5 Å². The number of unbranched alkanes of at least 4 members (excludes halogenated alkanes) is 1. The Hall–Kier alpha value is -4.19. The summed E-state index contributed by atoms with van der Waals surface area (Å²) in [6.07, 6.45) is 1.73. The van der Waals surface area contributed by atoms with Gasteiger partial charge in [0.2, 0.25) is 27.5 Å². The molecule has 0 fully saturated rings. The van der Waals surface area contributed by atoms with Gasteiger partial charge in [-0.05, 0) is 42.8 Å². The van der Waals surface area contributed by atoms with E-state index in [1.807, 2.05) is 6.92 Å². The molecule has 0 bridgehead atoms. The van der Waals surface area contributed by atoms with Crippen molar-refractivity contribution in [3.8, 4) is 34.5 Å². The van der Waals surface area contributed by atoms with E-state index in [1.165, 1.54) is 43.1 Å². The van der Waals surface area contributed by atoms with E-state index in [0.29, 0.717) is 35.8 Å². The first kappa shape index (κ1) is 25.9. The van der Waals surface area contributed by atoms with Crippen LogP contribution in [-0.4, -0.2) is 47.5 Å². The highest BCUT2D eigenvalue weighted by molar-refractivity contribution is 7.91. The zero-order valence-electron chi connectivity index (χ0n) is 20.8. The summed E-state index contributed by atoms with van der Waals surface area (Å²) in [5.41, 5.74) is -0.347.